The van der Waals surface area contributed by atoms with Crippen LogP contribution in [0.25, 0.3) is 11.0 Å². The summed E-state index contributed by atoms with van der Waals surface area (Å²) in [4.78, 5) is 32.2. The Hall–Kier alpha value is -3.93. The first kappa shape index (κ1) is 22.3. The first-order valence-electron chi connectivity index (χ1n) is 11.0. The van der Waals surface area contributed by atoms with E-state index in [1.807, 2.05) is 91.2 Å². The van der Waals surface area contributed by atoms with Crippen LogP contribution in [0.4, 0.5) is 0 Å². The van der Waals surface area contributed by atoms with Gasteiger partial charge in [0.25, 0.3) is 5.91 Å². The number of aryl methyl sites for hydroxylation is 2. The van der Waals surface area contributed by atoms with Crippen LogP contribution in [0.5, 0.6) is 0 Å². The molecule has 168 valence electrons. The van der Waals surface area contributed by atoms with Gasteiger partial charge in [0.2, 0.25) is 5.91 Å². The Kier molecular flexibility index (Phi) is 6.54. The lowest BCUT2D eigenvalue weighted by Gasteiger charge is -2.19. The summed E-state index contributed by atoms with van der Waals surface area (Å²) < 4.78 is 1.89. The molecular formula is C27H28N4O2. The normalized spacial score (nSPS) is 10.9. The van der Waals surface area contributed by atoms with E-state index in [1.54, 1.807) is 11.9 Å². The largest absolute Gasteiger partial charge is 0.345 e. The lowest BCUT2D eigenvalue weighted by molar-refractivity contribution is -0.131. The highest BCUT2D eigenvalue weighted by atomic mass is 16.2. The maximum Gasteiger partial charge on any atom is 0.251 e. The van der Waals surface area contributed by atoms with Crippen molar-refractivity contribution < 1.29 is 9.59 Å². The molecule has 4 aromatic rings. The molecule has 33 heavy (non-hydrogen) atoms. The third-order valence-corrected chi connectivity index (χ3v) is 5.75. The minimum absolute atomic E-state index is 0.0241. The van der Waals surface area contributed by atoms with E-state index in [-0.39, 0.29) is 24.9 Å². The smallest absolute Gasteiger partial charge is 0.251 e. The van der Waals surface area contributed by atoms with Crippen LogP contribution in [-0.2, 0) is 24.4 Å². The van der Waals surface area contributed by atoms with Gasteiger partial charge in [0, 0.05) is 19.2 Å². The zero-order valence-electron chi connectivity index (χ0n) is 19.2. The number of likely N-dealkylation sites (N-methyl/N-ethyl adjacent to an activating group) is 1. The number of hydrogen-bond donors (Lipinski definition) is 1. The fourth-order valence-corrected chi connectivity index (χ4v) is 3.96. The molecule has 3 aromatic carbocycles. The van der Waals surface area contributed by atoms with E-state index in [0.717, 1.165) is 27.7 Å². The minimum atomic E-state index is -0.154. The van der Waals surface area contributed by atoms with Crippen LogP contribution in [0, 0.1) is 13.8 Å². The Morgan fingerprint density at radius 3 is 2.45 bits per heavy atom. The van der Waals surface area contributed by atoms with E-state index in [9.17, 15) is 9.59 Å². The molecule has 0 aliphatic rings. The number of hydrogen-bond acceptors (Lipinski definition) is 3. The molecule has 4 rings (SSSR count). The molecule has 0 fully saturated rings. The number of rotatable bonds is 7. The quantitative estimate of drug-likeness (QED) is 0.467. The highest BCUT2D eigenvalue weighted by Crippen LogP contribution is 2.17. The average molecular weight is 441 g/mol. The second kappa shape index (κ2) is 9.69. The van der Waals surface area contributed by atoms with E-state index < -0.39 is 0 Å². The first-order chi connectivity index (χ1) is 15.9. The summed E-state index contributed by atoms with van der Waals surface area (Å²) in [5.41, 5.74) is 5.43. The number of amides is 2. The first-order valence-corrected chi connectivity index (χ1v) is 11.0. The topological polar surface area (TPSA) is 67.2 Å². The molecule has 0 spiro atoms. The van der Waals surface area contributed by atoms with Gasteiger partial charge in [0.1, 0.15) is 12.4 Å². The highest BCUT2D eigenvalue weighted by molar-refractivity contribution is 5.95. The van der Waals surface area contributed by atoms with Crippen LogP contribution in [0.1, 0.15) is 32.9 Å². The van der Waals surface area contributed by atoms with Crippen LogP contribution in [-0.4, -0.2) is 33.3 Å². The fourth-order valence-electron chi connectivity index (χ4n) is 3.96. The van der Waals surface area contributed by atoms with E-state index >= 15 is 0 Å². The molecule has 0 radical (unpaired) electrons. The number of nitrogens with one attached hydrogen (secondary N) is 1. The number of para-hydroxylation sites is 2. The number of aromatic nitrogens is 2. The summed E-state index contributed by atoms with van der Waals surface area (Å²) in [5.74, 6) is 0.471. The van der Waals surface area contributed by atoms with Gasteiger partial charge in [0.15, 0.2) is 0 Å². The molecule has 0 atom stereocenters. The van der Waals surface area contributed by atoms with E-state index in [4.69, 9.17) is 0 Å². The third kappa shape index (κ3) is 5.12. The Bertz CT molecular complexity index is 1290. The van der Waals surface area contributed by atoms with Crippen molar-refractivity contribution >= 4 is 22.8 Å². The van der Waals surface area contributed by atoms with Crippen LogP contribution < -0.4 is 5.32 Å². The van der Waals surface area contributed by atoms with Crippen molar-refractivity contribution in [3.05, 3.63) is 101 Å². The molecule has 2 amide bonds. The molecule has 1 N–H and O–H groups in total. The van der Waals surface area contributed by atoms with Gasteiger partial charge in [-0.05, 0) is 43.2 Å². The fraction of sp³-hybridized carbons (Fsp3) is 0.222. The molecule has 0 saturated heterocycles. The molecule has 6 nitrogen and oxygen atoms in total. The number of nitrogens with zero attached hydrogens (tertiary/aromatic N) is 3. The number of carbonyl (C=O) groups is 2. The van der Waals surface area contributed by atoms with Crippen molar-refractivity contribution in [2.75, 3.05) is 7.05 Å². The van der Waals surface area contributed by atoms with Gasteiger partial charge in [-0.3, -0.25) is 9.59 Å². The predicted molar refractivity (Wildman–Crippen MR) is 130 cm³/mol. The van der Waals surface area contributed by atoms with Crippen molar-refractivity contribution in [1.82, 2.24) is 19.8 Å². The number of imidazole rings is 1. The van der Waals surface area contributed by atoms with Crippen LogP contribution >= 0.6 is 0 Å². The Morgan fingerprint density at radius 1 is 0.970 bits per heavy atom. The van der Waals surface area contributed by atoms with Crippen molar-refractivity contribution in [2.45, 2.75) is 33.5 Å². The molecule has 0 aliphatic heterocycles. The minimum Gasteiger partial charge on any atom is -0.345 e. The van der Waals surface area contributed by atoms with Gasteiger partial charge in [-0.25, -0.2) is 4.98 Å². The monoisotopic (exact) mass is 440 g/mol. The Labute approximate surface area is 193 Å². The van der Waals surface area contributed by atoms with Crippen LogP contribution in [0.3, 0.4) is 0 Å². The summed E-state index contributed by atoms with van der Waals surface area (Å²) in [7, 11) is 1.80. The highest BCUT2D eigenvalue weighted by Gasteiger charge is 2.17. The van der Waals surface area contributed by atoms with Gasteiger partial charge >= 0.3 is 0 Å². The summed E-state index contributed by atoms with van der Waals surface area (Å²) >= 11 is 0. The average Bonchev–Trinajstić information content (AvgIpc) is 3.15. The van der Waals surface area contributed by atoms with E-state index in [0.29, 0.717) is 17.9 Å². The van der Waals surface area contributed by atoms with Gasteiger partial charge in [0.05, 0.1) is 17.6 Å². The maximum atomic E-state index is 13.0. The summed E-state index contributed by atoms with van der Waals surface area (Å²) in [5, 5.41) is 2.97. The molecule has 0 aliphatic carbocycles. The van der Waals surface area contributed by atoms with Crippen LogP contribution in [0.2, 0.25) is 0 Å². The maximum absolute atomic E-state index is 13.0. The van der Waals surface area contributed by atoms with Crippen molar-refractivity contribution in [3.63, 3.8) is 0 Å². The van der Waals surface area contributed by atoms with E-state index in [1.165, 1.54) is 0 Å². The van der Waals surface area contributed by atoms with Gasteiger partial charge < -0.3 is 14.8 Å². The Morgan fingerprint density at radius 2 is 1.70 bits per heavy atom. The number of fused-ring (bicyclic) bond motifs is 1. The lowest BCUT2D eigenvalue weighted by Crippen LogP contribution is -2.31. The van der Waals surface area contributed by atoms with Crippen molar-refractivity contribution in [1.29, 1.82) is 0 Å². The standard InChI is InChI=1S/C27H28N4O2/c1-19-13-14-22(20(2)15-19)27(33)28-16-25-29-23-11-7-8-12-24(23)31(25)18-26(32)30(3)17-21-9-5-4-6-10-21/h4-15H,16-18H2,1-3H3,(H,28,33). The lowest BCUT2D eigenvalue weighted by atomic mass is 10.1. The molecule has 6 heteroatoms. The van der Waals surface area contributed by atoms with Crippen LogP contribution in [0.15, 0.2) is 72.8 Å². The summed E-state index contributed by atoms with van der Waals surface area (Å²) in [6.07, 6.45) is 0. The number of benzene rings is 3. The summed E-state index contributed by atoms with van der Waals surface area (Å²) in [6.45, 7) is 4.85. The van der Waals surface area contributed by atoms with Crippen molar-refractivity contribution in [2.24, 2.45) is 0 Å². The van der Waals surface area contributed by atoms with Gasteiger partial charge in [-0.15, -0.1) is 0 Å². The molecular weight excluding hydrogens is 412 g/mol. The Balaban J connectivity index is 1.53. The van der Waals surface area contributed by atoms with Gasteiger partial charge in [-0.1, -0.05) is 60.2 Å². The molecule has 0 bridgehead atoms. The zero-order chi connectivity index (χ0) is 23.4. The zero-order valence-corrected chi connectivity index (χ0v) is 19.2. The van der Waals surface area contributed by atoms with Gasteiger partial charge in [-0.2, -0.15) is 0 Å². The number of carbonyl (C=O) groups excluding carboxylic acids is 2. The van der Waals surface area contributed by atoms with E-state index in [2.05, 4.69) is 10.3 Å². The summed E-state index contributed by atoms with van der Waals surface area (Å²) in [6, 6.07) is 23.4. The third-order valence-electron chi connectivity index (χ3n) is 5.75. The molecule has 0 saturated carbocycles. The second-order valence-corrected chi connectivity index (χ2v) is 8.34. The SMILES string of the molecule is Cc1ccc(C(=O)NCc2nc3ccccc3n2CC(=O)N(C)Cc2ccccc2)c(C)c1. The second-order valence-electron chi connectivity index (χ2n) is 8.34. The molecule has 0 unspecified atom stereocenters. The molecule has 1 aromatic heterocycles. The predicted octanol–water partition coefficient (Wildman–Crippen LogP) is 4.24. The van der Waals surface area contributed by atoms with Crippen molar-refractivity contribution in [3.8, 4) is 0 Å². The molecule has 1 heterocycles.